The van der Waals surface area contributed by atoms with E-state index in [2.05, 4.69) is 35.2 Å². The maximum Gasteiger partial charge on any atom is 0.235 e. The maximum atomic E-state index is 12.8. The van der Waals surface area contributed by atoms with Gasteiger partial charge in [-0.05, 0) is 36.2 Å². The van der Waals surface area contributed by atoms with Crippen LogP contribution in [0.1, 0.15) is 18.1 Å². The standard InChI is InChI=1S/C22H26N2O2S/c1-17(27-20-5-3-2-4-6-20)22(25)24-12-10-23(11-13-24)16-18-7-8-21-19(15-18)9-14-26-21/h2-8,15,17H,9-14,16H2,1H3. The number of carbonyl (C=O) groups is 1. The largest absolute Gasteiger partial charge is 0.493 e. The summed E-state index contributed by atoms with van der Waals surface area (Å²) in [5, 5.41) is -0.0457. The van der Waals surface area contributed by atoms with Crippen LogP contribution in [0.4, 0.5) is 0 Å². The molecule has 0 radical (unpaired) electrons. The lowest BCUT2D eigenvalue weighted by Gasteiger charge is -2.36. The first-order valence-electron chi connectivity index (χ1n) is 9.66. The molecule has 1 saturated heterocycles. The monoisotopic (exact) mass is 382 g/mol. The lowest BCUT2D eigenvalue weighted by molar-refractivity contribution is -0.132. The smallest absolute Gasteiger partial charge is 0.235 e. The summed E-state index contributed by atoms with van der Waals surface area (Å²) in [6.07, 6.45) is 1.02. The second-order valence-electron chi connectivity index (χ2n) is 7.22. The van der Waals surface area contributed by atoms with Crippen LogP contribution < -0.4 is 4.74 Å². The van der Waals surface area contributed by atoms with Crippen LogP contribution in [0.3, 0.4) is 0 Å². The third-order valence-corrected chi connectivity index (χ3v) is 6.35. The Kier molecular flexibility index (Phi) is 5.69. The Labute approximate surface area is 165 Å². The van der Waals surface area contributed by atoms with Gasteiger partial charge in [0.1, 0.15) is 5.75 Å². The van der Waals surface area contributed by atoms with Gasteiger partial charge >= 0.3 is 0 Å². The molecule has 2 aliphatic heterocycles. The first kappa shape index (κ1) is 18.4. The molecular formula is C22H26N2O2S. The van der Waals surface area contributed by atoms with Crippen molar-refractivity contribution in [1.29, 1.82) is 0 Å². The van der Waals surface area contributed by atoms with Gasteiger partial charge in [-0.25, -0.2) is 0 Å². The van der Waals surface area contributed by atoms with Gasteiger partial charge in [-0.3, -0.25) is 9.69 Å². The highest BCUT2D eigenvalue weighted by atomic mass is 32.2. The molecular weight excluding hydrogens is 356 g/mol. The van der Waals surface area contributed by atoms with Crippen molar-refractivity contribution in [3.8, 4) is 5.75 Å². The maximum absolute atomic E-state index is 12.8. The molecule has 1 unspecified atom stereocenters. The molecule has 1 atom stereocenters. The van der Waals surface area contributed by atoms with Crippen LogP contribution in [-0.2, 0) is 17.8 Å². The SMILES string of the molecule is CC(Sc1ccccc1)C(=O)N1CCN(Cc2ccc3c(c2)CCO3)CC1. The molecule has 4 rings (SSSR count). The quantitative estimate of drug-likeness (QED) is 0.742. The third kappa shape index (κ3) is 4.47. The van der Waals surface area contributed by atoms with E-state index in [0.29, 0.717) is 0 Å². The number of nitrogens with zero attached hydrogens (tertiary/aromatic N) is 2. The Morgan fingerprint density at radius 1 is 1.11 bits per heavy atom. The molecule has 0 aliphatic carbocycles. The van der Waals surface area contributed by atoms with E-state index in [-0.39, 0.29) is 11.2 Å². The van der Waals surface area contributed by atoms with E-state index in [1.165, 1.54) is 11.1 Å². The molecule has 2 aromatic rings. The molecule has 1 amide bonds. The second-order valence-corrected chi connectivity index (χ2v) is 8.63. The molecule has 1 fully saturated rings. The number of rotatable bonds is 5. The number of thioether (sulfide) groups is 1. The van der Waals surface area contributed by atoms with Gasteiger partial charge in [-0.1, -0.05) is 30.3 Å². The number of carbonyl (C=O) groups excluding carboxylic acids is 1. The fourth-order valence-corrected chi connectivity index (χ4v) is 4.71. The van der Waals surface area contributed by atoms with E-state index in [4.69, 9.17) is 4.74 Å². The zero-order valence-electron chi connectivity index (χ0n) is 15.8. The summed E-state index contributed by atoms with van der Waals surface area (Å²) in [5.41, 5.74) is 2.67. The van der Waals surface area contributed by atoms with Crippen molar-refractivity contribution in [2.45, 2.75) is 30.0 Å². The van der Waals surface area contributed by atoms with Gasteiger partial charge in [0.15, 0.2) is 0 Å². The molecule has 4 nitrogen and oxygen atoms in total. The van der Waals surface area contributed by atoms with E-state index in [9.17, 15) is 4.79 Å². The van der Waals surface area contributed by atoms with Crippen molar-refractivity contribution in [3.05, 3.63) is 59.7 Å². The molecule has 2 heterocycles. The van der Waals surface area contributed by atoms with Crippen molar-refractivity contribution in [2.75, 3.05) is 32.8 Å². The highest BCUT2D eigenvalue weighted by Gasteiger charge is 2.25. The molecule has 2 aromatic carbocycles. The molecule has 0 bridgehead atoms. The fraction of sp³-hybridized carbons (Fsp3) is 0.409. The van der Waals surface area contributed by atoms with E-state index < -0.39 is 0 Å². The minimum absolute atomic E-state index is 0.0457. The summed E-state index contributed by atoms with van der Waals surface area (Å²) >= 11 is 1.64. The first-order chi connectivity index (χ1) is 13.2. The first-order valence-corrected chi connectivity index (χ1v) is 10.5. The van der Waals surface area contributed by atoms with Crippen LogP contribution in [0.15, 0.2) is 53.4 Å². The minimum atomic E-state index is -0.0457. The molecule has 27 heavy (non-hydrogen) atoms. The Balaban J connectivity index is 1.27. The normalized spacial score (nSPS) is 18.0. The van der Waals surface area contributed by atoms with Crippen LogP contribution in [0.2, 0.25) is 0 Å². The van der Waals surface area contributed by atoms with E-state index in [1.807, 2.05) is 30.0 Å². The minimum Gasteiger partial charge on any atom is -0.493 e. The van der Waals surface area contributed by atoms with Crippen molar-refractivity contribution >= 4 is 17.7 Å². The van der Waals surface area contributed by atoms with Gasteiger partial charge in [-0.15, -0.1) is 11.8 Å². The molecule has 5 heteroatoms. The number of hydrogen-bond donors (Lipinski definition) is 0. The highest BCUT2D eigenvalue weighted by Crippen LogP contribution is 2.27. The van der Waals surface area contributed by atoms with E-state index in [0.717, 1.165) is 56.4 Å². The van der Waals surface area contributed by atoms with E-state index in [1.54, 1.807) is 11.8 Å². The molecule has 0 N–H and O–H groups in total. The molecule has 0 saturated carbocycles. The highest BCUT2D eigenvalue weighted by molar-refractivity contribution is 8.00. The zero-order chi connectivity index (χ0) is 18.6. The fourth-order valence-electron chi connectivity index (χ4n) is 3.73. The average Bonchev–Trinajstić information content (AvgIpc) is 3.16. The lowest BCUT2D eigenvalue weighted by atomic mass is 10.1. The number of benzene rings is 2. The van der Waals surface area contributed by atoms with Gasteiger partial charge < -0.3 is 9.64 Å². The molecule has 2 aliphatic rings. The van der Waals surface area contributed by atoms with E-state index >= 15 is 0 Å². The van der Waals surface area contributed by atoms with Crippen LogP contribution in [-0.4, -0.2) is 53.7 Å². The number of fused-ring (bicyclic) bond motifs is 1. The molecule has 142 valence electrons. The number of piperazine rings is 1. The topological polar surface area (TPSA) is 32.8 Å². The predicted octanol–water partition coefficient (Wildman–Crippen LogP) is 3.45. The second kappa shape index (κ2) is 8.36. The number of amides is 1. The summed E-state index contributed by atoms with van der Waals surface area (Å²) in [6.45, 7) is 7.25. The van der Waals surface area contributed by atoms with Crippen LogP contribution in [0.5, 0.6) is 5.75 Å². The van der Waals surface area contributed by atoms with Crippen LogP contribution >= 0.6 is 11.8 Å². The third-order valence-electron chi connectivity index (χ3n) is 5.25. The summed E-state index contributed by atoms with van der Waals surface area (Å²) in [5.74, 6) is 1.29. The molecule has 0 spiro atoms. The van der Waals surface area contributed by atoms with Gasteiger partial charge in [0.2, 0.25) is 5.91 Å². The van der Waals surface area contributed by atoms with Gasteiger partial charge in [0.05, 0.1) is 11.9 Å². The molecule has 0 aromatic heterocycles. The number of hydrogen-bond acceptors (Lipinski definition) is 4. The van der Waals surface area contributed by atoms with Crippen molar-refractivity contribution < 1.29 is 9.53 Å². The Morgan fingerprint density at radius 3 is 2.67 bits per heavy atom. The summed E-state index contributed by atoms with van der Waals surface area (Å²) in [6, 6.07) is 16.7. The average molecular weight is 383 g/mol. The zero-order valence-corrected chi connectivity index (χ0v) is 16.6. The van der Waals surface area contributed by atoms with Gasteiger partial charge in [-0.2, -0.15) is 0 Å². The van der Waals surface area contributed by atoms with Crippen molar-refractivity contribution in [2.24, 2.45) is 0 Å². The lowest BCUT2D eigenvalue weighted by Crippen LogP contribution is -2.50. The predicted molar refractivity (Wildman–Crippen MR) is 109 cm³/mol. The summed E-state index contributed by atoms with van der Waals surface area (Å²) < 4.78 is 5.59. The van der Waals surface area contributed by atoms with Crippen molar-refractivity contribution in [3.63, 3.8) is 0 Å². The van der Waals surface area contributed by atoms with Crippen LogP contribution in [0, 0.1) is 0 Å². The Morgan fingerprint density at radius 2 is 1.89 bits per heavy atom. The van der Waals surface area contributed by atoms with Gasteiger partial charge in [0, 0.05) is 44.0 Å². The Bertz CT molecular complexity index is 788. The van der Waals surface area contributed by atoms with Crippen LogP contribution in [0.25, 0.3) is 0 Å². The van der Waals surface area contributed by atoms with Gasteiger partial charge in [0.25, 0.3) is 0 Å². The van der Waals surface area contributed by atoms with Crippen molar-refractivity contribution in [1.82, 2.24) is 9.80 Å². The number of ether oxygens (including phenoxy) is 1. The summed E-state index contributed by atoms with van der Waals surface area (Å²) in [7, 11) is 0. The summed E-state index contributed by atoms with van der Waals surface area (Å²) in [4.78, 5) is 18.4. The Hall–Kier alpha value is -1.98.